The van der Waals surface area contributed by atoms with Gasteiger partial charge in [0.25, 0.3) is 0 Å². The minimum absolute atomic E-state index is 0.115. The molecule has 4 nitrogen and oxygen atoms in total. The number of anilines is 1. The number of carbonyl (C=O) groups is 1. The van der Waals surface area contributed by atoms with Crippen molar-refractivity contribution in [3.63, 3.8) is 0 Å². The molecule has 0 spiro atoms. The van der Waals surface area contributed by atoms with Gasteiger partial charge in [0.2, 0.25) is 5.91 Å². The highest BCUT2D eigenvalue weighted by atomic mass is 32.2. The minimum Gasteiger partial charge on any atom is -0.326 e. The van der Waals surface area contributed by atoms with Crippen molar-refractivity contribution >= 4 is 35.1 Å². The van der Waals surface area contributed by atoms with E-state index in [1.807, 2.05) is 29.6 Å². The van der Waals surface area contributed by atoms with Crippen molar-refractivity contribution in [3.05, 3.63) is 29.3 Å². The average molecular weight is 366 g/mol. The number of benzene rings is 1. The molecule has 1 amide bonds. The predicted molar refractivity (Wildman–Crippen MR) is 106 cm³/mol. The summed E-state index contributed by atoms with van der Waals surface area (Å²) < 4.78 is 0. The van der Waals surface area contributed by atoms with Crippen LogP contribution in [0.25, 0.3) is 0 Å². The molecule has 1 aromatic rings. The molecule has 2 fully saturated rings. The molecule has 24 heavy (non-hydrogen) atoms. The van der Waals surface area contributed by atoms with Gasteiger partial charge in [0, 0.05) is 67.3 Å². The summed E-state index contributed by atoms with van der Waals surface area (Å²) in [5.41, 5.74) is 3.49. The van der Waals surface area contributed by atoms with Gasteiger partial charge in [0.05, 0.1) is 0 Å². The molecule has 0 radical (unpaired) electrons. The van der Waals surface area contributed by atoms with Gasteiger partial charge >= 0.3 is 0 Å². The summed E-state index contributed by atoms with van der Waals surface area (Å²) in [4.78, 5) is 14.9. The second-order valence-corrected chi connectivity index (χ2v) is 8.83. The van der Waals surface area contributed by atoms with Crippen LogP contribution in [0.1, 0.15) is 17.5 Å². The lowest BCUT2D eigenvalue weighted by atomic mass is 10.1. The smallest absolute Gasteiger partial charge is 0.225 e. The second-order valence-electron chi connectivity index (χ2n) is 6.46. The Bertz CT molecular complexity index is 555. The van der Waals surface area contributed by atoms with E-state index >= 15 is 0 Å². The van der Waals surface area contributed by atoms with E-state index < -0.39 is 0 Å². The molecule has 1 aromatic carbocycles. The monoisotopic (exact) mass is 365 g/mol. The lowest BCUT2D eigenvalue weighted by Gasteiger charge is -2.27. The summed E-state index contributed by atoms with van der Waals surface area (Å²) in [6.07, 6.45) is 0.556. The van der Waals surface area contributed by atoms with Crippen LogP contribution in [-0.4, -0.2) is 59.5 Å². The van der Waals surface area contributed by atoms with E-state index in [4.69, 9.17) is 0 Å². The lowest BCUT2D eigenvalue weighted by Crippen LogP contribution is -2.40. The molecule has 2 heterocycles. The van der Waals surface area contributed by atoms with E-state index in [0.717, 1.165) is 43.4 Å². The molecule has 2 saturated heterocycles. The maximum absolute atomic E-state index is 12.4. The molecule has 1 unspecified atom stereocenters. The quantitative estimate of drug-likeness (QED) is 0.840. The Hall–Kier alpha value is -0.690. The molecule has 132 valence electrons. The zero-order chi connectivity index (χ0) is 16.8. The third kappa shape index (κ3) is 5.15. The van der Waals surface area contributed by atoms with Gasteiger partial charge in [-0.05, 0) is 24.1 Å². The standard InChI is InChI=1S/C18H27N3OS2/c1-14-15(12-21-6-9-23-10-7-21)3-2-4-17(14)20-18(22)11-16-13-24-8-5-19-16/h2-4,16,19H,5-13H2,1H3,(H,20,22). The molecule has 2 aliphatic rings. The highest BCUT2D eigenvalue weighted by Crippen LogP contribution is 2.22. The van der Waals surface area contributed by atoms with E-state index in [2.05, 4.69) is 34.6 Å². The van der Waals surface area contributed by atoms with Crippen LogP contribution in [0.3, 0.4) is 0 Å². The fourth-order valence-corrected chi connectivity index (χ4v) is 5.09. The van der Waals surface area contributed by atoms with Crippen LogP contribution in [-0.2, 0) is 11.3 Å². The fourth-order valence-electron chi connectivity index (χ4n) is 3.17. The number of amides is 1. The van der Waals surface area contributed by atoms with Gasteiger partial charge in [-0.3, -0.25) is 9.69 Å². The van der Waals surface area contributed by atoms with Crippen molar-refractivity contribution < 1.29 is 4.79 Å². The number of rotatable bonds is 5. The van der Waals surface area contributed by atoms with Gasteiger partial charge in [-0.25, -0.2) is 0 Å². The van der Waals surface area contributed by atoms with Gasteiger partial charge in [-0.15, -0.1) is 0 Å². The molecule has 3 rings (SSSR count). The predicted octanol–water partition coefficient (Wildman–Crippen LogP) is 2.58. The fraction of sp³-hybridized carbons (Fsp3) is 0.611. The van der Waals surface area contributed by atoms with E-state index in [1.54, 1.807) is 0 Å². The van der Waals surface area contributed by atoms with Gasteiger partial charge in [0.1, 0.15) is 0 Å². The maximum atomic E-state index is 12.4. The van der Waals surface area contributed by atoms with E-state index in [9.17, 15) is 4.79 Å². The van der Waals surface area contributed by atoms with Gasteiger partial charge in [-0.2, -0.15) is 23.5 Å². The summed E-state index contributed by atoms with van der Waals surface area (Å²) >= 11 is 3.96. The van der Waals surface area contributed by atoms with E-state index in [-0.39, 0.29) is 5.91 Å². The van der Waals surface area contributed by atoms with Crippen molar-refractivity contribution in [2.45, 2.75) is 25.9 Å². The van der Waals surface area contributed by atoms with Crippen molar-refractivity contribution in [3.8, 4) is 0 Å². The Morgan fingerprint density at radius 1 is 1.29 bits per heavy atom. The Morgan fingerprint density at radius 2 is 2.12 bits per heavy atom. The van der Waals surface area contributed by atoms with Crippen LogP contribution in [0.2, 0.25) is 0 Å². The normalized spacial score (nSPS) is 22.3. The molecule has 0 aromatic heterocycles. The van der Waals surface area contributed by atoms with Crippen molar-refractivity contribution in [1.29, 1.82) is 0 Å². The van der Waals surface area contributed by atoms with Crippen LogP contribution in [0.5, 0.6) is 0 Å². The molecule has 6 heteroatoms. The summed E-state index contributed by atoms with van der Waals surface area (Å²) in [6.45, 7) is 6.43. The van der Waals surface area contributed by atoms with Crippen LogP contribution in [0, 0.1) is 6.92 Å². The van der Waals surface area contributed by atoms with Crippen LogP contribution in [0.4, 0.5) is 5.69 Å². The summed E-state index contributed by atoms with van der Waals surface area (Å²) in [6, 6.07) is 6.57. The number of nitrogens with one attached hydrogen (secondary N) is 2. The summed E-state index contributed by atoms with van der Waals surface area (Å²) in [7, 11) is 0. The summed E-state index contributed by atoms with van der Waals surface area (Å²) in [5, 5.41) is 6.55. The second kappa shape index (κ2) is 9.13. The zero-order valence-corrected chi connectivity index (χ0v) is 16.0. The first kappa shape index (κ1) is 18.1. The largest absolute Gasteiger partial charge is 0.326 e. The molecule has 0 saturated carbocycles. The molecular weight excluding hydrogens is 338 g/mol. The molecule has 2 aliphatic heterocycles. The molecule has 1 atom stereocenters. The number of nitrogens with zero attached hydrogens (tertiary/aromatic N) is 1. The van der Waals surface area contributed by atoms with Crippen molar-refractivity contribution in [2.75, 3.05) is 48.0 Å². The van der Waals surface area contributed by atoms with Crippen LogP contribution >= 0.6 is 23.5 Å². The Kier molecular flexibility index (Phi) is 6.89. The highest BCUT2D eigenvalue weighted by Gasteiger charge is 2.18. The third-order valence-electron chi connectivity index (χ3n) is 4.65. The Balaban J connectivity index is 1.58. The average Bonchev–Trinajstić information content (AvgIpc) is 2.60. The zero-order valence-electron chi connectivity index (χ0n) is 14.3. The first-order valence-electron chi connectivity index (χ1n) is 8.72. The van der Waals surface area contributed by atoms with Crippen molar-refractivity contribution in [2.24, 2.45) is 0 Å². The topological polar surface area (TPSA) is 44.4 Å². The number of carbonyl (C=O) groups excluding carboxylic acids is 1. The highest BCUT2D eigenvalue weighted by molar-refractivity contribution is 7.99. The number of hydrogen-bond donors (Lipinski definition) is 2. The Labute approximate surface area is 153 Å². The Morgan fingerprint density at radius 3 is 2.88 bits per heavy atom. The van der Waals surface area contributed by atoms with Gasteiger partial charge in [0.15, 0.2) is 0 Å². The molecular formula is C18H27N3OS2. The maximum Gasteiger partial charge on any atom is 0.225 e. The van der Waals surface area contributed by atoms with Crippen molar-refractivity contribution in [1.82, 2.24) is 10.2 Å². The number of thioether (sulfide) groups is 2. The van der Waals surface area contributed by atoms with Crippen LogP contribution in [0.15, 0.2) is 18.2 Å². The first-order valence-corrected chi connectivity index (χ1v) is 11.0. The third-order valence-corrected chi connectivity index (χ3v) is 6.72. The number of hydrogen-bond acceptors (Lipinski definition) is 5. The van der Waals surface area contributed by atoms with Crippen LogP contribution < -0.4 is 10.6 Å². The lowest BCUT2D eigenvalue weighted by molar-refractivity contribution is -0.116. The summed E-state index contributed by atoms with van der Waals surface area (Å²) in [5.74, 6) is 4.74. The molecule has 0 bridgehead atoms. The van der Waals surface area contributed by atoms with Gasteiger partial charge in [-0.1, -0.05) is 12.1 Å². The van der Waals surface area contributed by atoms with E-state index in [0.29, 0.717) is 12.5 Å². The first-order chi connectivity index (χ1) is 11.7. The molecule has 0 aliphatic carbocycles. The minimum atomic E-state index is 0.115. The SMILES string of the molecule is Cc1c(CN2CCSCC2)cccc1NC(=O)CC1CSCCN1. The van der Waals surface area contributed by atoms with E-state index in [1.165, 1.54) is 22.6 Å². The molecule has 2 N–H and O–H groups in total. The van der Waals surface area contributed by atoms with Gasteiger partial charge < -0.3 is 10.6 Å².